The summed E-state index contributed by atoms with van der Waals surface area (Å²) in [5.74, 6) is -0.0168. The van der Waals surface area contributed by atoms with Crippen molar-refractivity contribution in [1.29, 1.82) is 0 Å². The number of benzene rings is 1. The van der Waals surface area contributed by atoms with E-state index in [4.69, 9.17) is 4.74 Å². The van der Waals surface area contributed by atoms with E-state index in [0.717, 1.165) is 5.69 Å². The Labute approximate surface area is 106 Å². The first kappa shape index (κ1) is 14.6. The average molecular weight is 253 g/mol. The summed E-state index contributed by atoms with van der Waals surface area (Å²) in [6, 6.07) is 6.97. The summed E-state index contributed by atoms with van der Waals surface area (Å²) < 4.78 is 4.88. The number of aliphatic hydroxyl groups is 2. The molecule has 0 fully saturated rings. The van der Waals surface area contributed by atoms with Gasteiger partial charge < -0.3 is 20.3 Å². The lowest BCUT2D eigenvalue weighted by Crippen LogP contribution is -2.27. The van der Waals surface area contributed by atoms with Crippen LogP contribution >= 0.6 is 0 Å². The SMILES string of the molecule is CCC(O)OC(O)CNc1cccc(C(C)=O)c1. The maximum Gasteiger partial charge on any atom is 0.175 e. The number of rotatable bonds is 7. The second kappa shape index (κ2) is 7.10. The fraction of sp³-hybridized carbons (Fsp3) is 0.462. The van der Waals surface area contributed by atoms with Crippen LogP contribution in [0.5, 0.6) is 0 Å². The van der Waals surface area contributed by atoms with Gasteiger partial charge in [-0.3, -0.25) is 4.79 Å². The molecule has 2 unspecified atom stereocenters. The molecule has 2 atom stereocenters. The second-order valence-corrected chi connectivity index (χ2v) is 3.97. The number of hydrogen-bond acceptors (Lipinski definition) is 5. The maximum atomic E-state index is 11.2. The molecule has 1 aromatic rings. The van der Waals surface area contributed by atoms with Crippen molar-refractivity contribution < 1.29 is 19.7 Å². The number of nitrogens with one attached hydrogen (secondary N) is 1. The summed E-state index contributed by atoms with van der Waals surface area (Å²) in [5, 5.41) is 21.6. The van der Waals surface area contributed by atoms with Gasteiger partial charge in [-0.1, -0.05) is 19.1 Å². The molecule has 18 heavy (non-hydrogen) atoms. The monoisotopic (exact) mass is 253 g/mol. The highest BCUT2D eigenvalue weighted by atomic mass is 16.7. The number of aliphatic hydroxyl groups excluding tert-OH is 2. The molecule has 1 rings (SSSR count). The van der Waals surface area contributed by atoms with Crippen molar-refractivity contribution in [2.24, 2.45) is 0 Å². The fourth-order valence-corrected chi connectivity index (χ4v) is 1.38. The van der Waals surface area contributed by atoms with Gasteiger partial charge in [0.15, 0.2) is 18.4 Å². The molecule has 3 N–H and O–H groups in total. The summed E-state index contributed by atoms with van der Waals surface area (Å²) in [7, 11) is 0. The predicted octanol–water partition coefficient (Wildman–Crippen LogP) is 1.36. The van der Waals surface area contributed by atoms with Crippen molar-refractivity contribution >= 4 is 11.5 Å². The van der Waals surface area contributed by atoms with Gasteiger partial charge in [-0.05, 0) is 25.5 Å². The molecule has 0 amide bonds. The van der Waals surface area contributed by atoms with Crippen LogP contribution in [0.2, 0.25) is 0 Å². The molecular weight excluding hydrogens is 234 g/mol. The molecule has 0 bridgehead atoms. The van der Waals surface area contributed by atoms with Gasteiger partial charge in [0.05, 0.1) is 6.54 Å². The molecule has 0 saturated heterocycles. The number of carbonyl (C=O) groups excluding carboxylic acids is 1. The van der Waals surface area contributed by atoms with Gasteiger partial charge in [0, 0.05) is 11.3 Å². The standard InChI is InChI=1S/C13H19NO4/c1-3-12(16)18-13(17)8-14-11-6-4-5-10(7-11)9(2)15/h4-7,12-14,16-17H,3,8H2,1-2H3. The lowest BCUT2D eigenvalue weighted by Gasteiger charge is -2.17. The molecule has 0 aliphatic rings. The van der Waals surface area contributed by atoms with Crippen molar-refractivity contribution in [2.75, 3.05) is 11.9 Å². The van der Waals surface area contributed by atoms with Crippen molar-refractivity contribution in [3.8, 4) is 0 Å². The zero-order chi connectivity index (χ0) is 13.5. The van der Waals surface area contributed by atoms with Gasteiger partial charge in [-0.25, -0.2) is 0 Å². The van der Waals surface area contributed by atoms with Gasteiger partial charge in [0.2, 0.25) is 0 Å². The minimum Gasteiger partial charge on any atom is -0.380 e. The summed E-state index contributed by atoms with van der Waals surface area (Å²) >= 11 is 0. The van der Waals surface area contributed by atoms with Gasteiger partial charge in [0.25, 0.3) is 0 Å². The van der Waals surface area contributed by atoms with E-state index in [2.05, 4.69) is 5.32 Å². The number of hydrogen-bond donors (Lipinski definition) is 3. The highest BCUT2D eigenvalue weighted by Crippen LogP contribution is 2.11. The van der Waals surface area contributed by atoms with Crippen LogP contribution in [0.4, 0.5) is 5.69 Å². The summed E-state index contributed by atoms with van der Waals surface area (Å²) in [5.41, 5.74) is 1.32. The van der Waals surface area contributed by atoms with E-state index in [-0.39, 0.29) is 12.3 Å². The third-order valence-electron chi connectivity index (χ3n) is 2.41. The minimum atomic E-state index is -1.10. The second-order valence-electron chi connectivity index (χ2n) is 3.97. The number of Topliss-reactive ketones (excluding diaryl/α,β-unsaturated/α-hetero) is 1. The first-order valence-electron chi connectivity index (χ1n) is 5.89. The molecule has 0 aliphatic carbocycles. The molecule has 0 radical (unpaired) electrons. The molecular formula is C13H19NO4. The van der Waals surface area contributed by atoms with Crippen LogP contribution in [0.1, 0.15) is 30.6 Å². The van der Waals surface area contributed by atoms with Crippen LogP contribution in [0, 0.1) is 0 Å². The summed E-state index contributed by atoms with van der Waals surface area (Å²) in [6.07, 6.45) is -1.65. The Hall–Kier alpha value is -1.43. The Morgan fingerprint density at radius 1 is 1.39 bits per heavy atom. The first-order chi connectivity index (χ1) is 8.52. The third-order valence-corrected chi connectivity index (χ3v) is 2.41. The van der Waals surface area contributed by atoms with Crippen molar-refractivity contribution in [3.63, 3.8) is 0 Å². The van der Waals surface area contributed by atoms with E-state index >= 15 is 0 Å². The van der Waals surface area contributed by atoms with Crippen molar-refractivity contribution in [1.82, 2.24) is 0 Å². The highest BCUT2D eigenvalue weighted by molar-refractivity contribution is 5.94. The number of ether oxygens (including phenoxy) is 1. The quantitative estimate of drug-likeness (QED) is 0.505. The Morgan fingerprint density at radius 2 is 2.11 bits per heavy atom. The number of ketones is 1. The third kappa shape index (κ3) is 4.83. The number of carbonyl (C=O) groups is 1. The lowest BCUT2D eigenvalue weighted by atomic mass is 10.1. The molecule has 1 aromatic carbocycles. The Bertz CT molecular complexity index is 394. The molecule has 0 saturated carbocycles. The van der Waals surface area contributed by atoms with Crippen molar-refractivity contribution in [3.05, 3.63) is 29.8 Å². The van der Waals surface area contributed by atoms with Gasteiger partial charge >= 0.3 is 0 Å². The topological polar surface area (TPSA) is 78.8 Å². The normalized spacial score (nSPS) is 14.0. The van der Waals surface area contributed by atoms with Crippen LogP contribution < -0.4 is 5.32 Å². The smallest absolute Gasteiger partial charge is 0.175 e. The molecule has 0 aliphatic heterocycles. The molecule has 5 nitrogen and oxygen atoms in total. The van der Waals surface area contributed by atoms with E-state index in [1.165, 1.54) is 6.92 Å². The Morgan fingerprint density at radius 3 is 2.72 bits per heavy atom. The zero-order valence-electron chi connectivity index (χ0n) is 10.6. The van der Waals surface area contributed by atoms with E-state index in [1.807, 2.05) is 0 Å². The highest BCUT2D eigenvalue weighted by Gasteiger charge is 2.09. The van der Waals surface area contributed by atoms with Gasteiger partial charge in [-0.2, -0.15) is 0 Å². The predicted molar refractivity (Wildman–Crippen MR) is 68.3 cm³/mol. The molecule has 100 valence electrons. The van der Waals surface area contributed by atoms with Crippen LogP contribution in [0.25, 0.3) is 0 Å². The summed E-state index contributed by atoms with van der Waals surface area (Å²) in [4.78, 5) is 11.2. The van der Waals surface area contributed by atoms with Crippen molar-refractivity contribution in [2.45, 2.75) is 32.8 Å². The van der Waals surface area contributed by atoms with E-state index < -0.39 is 12.6 Å². The minimum absolute atomic E-state index is 0.0168. The lowest BCUT2D eigenvalue weighted by molar-refractivity contribution is -0.201. The van der Waals surface area contributed by atoms with Crippen LogP contribution in [0.15, 0.2) is 24.3 Å². The zero-order valence-corrected chi connectivity index (χ0v) is 10.6. The summed E-state index contributed by atoms with van der Waals surface area (Å²) in [6.45, 7) is 3.38. The van der Waals surface area contributed by atoms with Gasteiger partial charge in [0.1, 0.15) is 0 Å². The van der Waals surface area contributed by atoms with Crippen LogP contribution in [-0.2, 0) is 4.74 Å². The molecule has 0 heterocycles. The fourth-order valence-electron chi connectivity index (χ4n) is 1.38. The van der Waals surface area contributed by atoms with E-state index in [9.17, 15) is 15.0 Å². The molecule has 0 spiro atoms. The molecule has 0 aromatic heterocycles. The van der Waals surface area contributed by atoms with E-state index in [1.54, 1.807) is 31.2 Å². The maximum absolute atomic E-state index is 11.2. The Kier molecular flexibility index (Phi) is 5.77. The largest absolute Gasteiger partial charge is 0.380 e. The van der Waals surface area contributed by atoms with E-state index in [0.29, 0.717) is 12.0 Å². The first-order valence-corrected chi connectivity index (χ1v) is 5.89. The Balaban J connectivity index is 2.48. The van der Waals surface area contributed by atoms with Gasteiger partial charge in [-0.15, -0.1) is 0 Å². The number of anilines is 1. The van der Waals surface area contributed by atoms with Crippen LogP contribution in [-0.4, -0.2) is 35.1 Å². The van der Waals surface area contributed by atoms with Crippen LogP contribution in [0.3, 0.4) is 0 Å². The average Bonchev–Trinajstić information content (AvgIpc) is 2.36. The molecule has 5 heteroatoms.